The molecular weight excluding hydrogens is 300 g/mol. The van der Waals surface area contributed by atoms with Gasteiger partial charge in [-0.05, 0) is 25.1 Å². The lowest BCUT2D eigenvalue weighted by atomic mass is 10.2. The number of imide groups is 1. The molecule has 0 spiro atoms. The zero-order valence-corrected chi connectivity index (χ0v) is 12.4. The number of carbonyl (C=O) groups is 3. The molecule has 1 aromatic carbocycles. The van der Waals surface area contributed by atoms with Crippen molar-refractivity contribution in [2.75, 3.05) is 4.90 Å². The van der Waals surface area contributed by atoms with E-state index in [4.69, 9.17) is 9.26 Å². The van der Waals surface area contributed by atoms with Crippen molar-refractivity contribution in [3.63, 3.8) is 0 Å². The molecule has 1 aliphatic heterocycles. The van der Waals surface area contributed by atoms with Crippen LogP contribution in [-0.4, -0.2) is 22.9 Å². The fourth-order valence-electron chi connectivity index (χ4n) is 2.35. The molecule has 0 saturated carbocycles. The Balaban J connectivity index is 1.72. The Labute approximate surface area is 131 Å². The number of aromatic nitrogens is 1. The van der Waals surface area contributed by atoms with Crippen LogP contribution in [0.2, 0.25) is 0 Å². The number of carbonyl (C=O) groups excluding carboxylic acids is 3. The number of ether oxygens (including phenoxy) is 1. The summed E-state index contributed by atoms with van der Waals surface area (Å²) in [6.45, 7) is 1.73. The molecule has 0 aliphatic carbocycles. The number of esters is 1. The van der Waals surface area contributed by atoms with E-state index in [0.717, 1.165) is 4.90 Å². The molecular formula is C16H14N2O5. The van der Waals surface area contributed by atoms with E-state index >= 15 is 0 Å². The predicted molar refractivity (Wildman–Crippen MR) is 78.5 cm³/mol. The largest absolute Gasteiger partial charge is 0.455 e. The van der Waals surface area contributed by atoms with Crippen LogP contribution in [0.4, 0.5) is 5.69 Å². The van der Waals surface area contributed by atoms with E-state index in [1.54, 1.807) is 31.2 Å². The van der Waals surface area contributed by atoms with E-state index in [9.17, 15) is 14.4 Å². The van der Waals surface area contributed by atoms with Crippen LogP contribution in [0.15, 0.2) is 34.9 Å². The Kier molecular flexibility index (Phi) is 3.92. The van der Waals surface area contributed by atoms with Gasteiger partial charge in [-0.3, -0.25) is 14.5 Å². The highest BCUT2D eigenvalue weighted by molar-refractivity contribution is 6.20. The van der Waals surface area contributed by atoms with E-state index in [2.05, 4.69) is 5.16 Å². The van der Waals surface area contributed by atoms with Crippen molar-refractivity contribution in [3.05, 3.63) is 47.3 Å². The smallest absolute Gasteiger partial charge is 0.338 e. The summed E-state index contributed by atoms with van der Waals surface area (Å²) in [7, 11) is 0. The minimum atomic E-state index is -0.563. The van der Waals surface area contributed by atoms with Crippen molar-refractivity contribution < 1.29 is 23.6 Å². The first kappa shape index (κ1) is 15.0. The van der Waals surface area contributed by atoms with Gasteiger partial charge in [-0.1, -0.05) is 11.2 Å². The summed E-state index contributed by atoms with van der Waals surface area (Å²) in [5, 5.41) is 3.73. The van der Waals surface area contributed by atoms with Crippen LogP contribution in [0.5, 0.6) is 0 Å². The third-order valence-corrected chi connectivity index (χ3v) is 3.42. The fourth-order valence-corrected chi connectivity index (χ4v) is 2.35. The SMILES string of the molecule is Cc1cc(COC(=O)c2cccc(N3C(=O)CCC3=O)c2)no1. The first-order chi connectivity index (χ1) is 11.0. The van der Waals surface area contributed by atoms with E-state index in [0.29, 0.717) is 17.1 Å². The van der Waals surface area contributed by atoms with Crippen molar-refractivity contribution in [3.8, 4) is 0 Å². The molecule has 0 atom stereocenters. The summed E-state index contributed by atoms with van der Waals surface area (Å²) in [6.07, 6.45) is 0.387. The molecule has 1 aliphatic rings. The average molecular weight is 314 g/mol. The van der Waals surface area contributed by atoms with Gasteiger partial charge in [0, 0.05) is 18.9 Å². The zero-order chi connectivity index (χ0) is 16.4. The molecule has 2 aromatic rings. The van der Waals surface area contributed by atoms with E-state index in [-0.39, 0.29) is 36.8 Å². The molecule has 0 bridgehead atoms. The fraction of sp³-hybridized carbons (Fsp3) is 0.250. The maximum atomic E-state index is 12.1. The standard InChI is InChI=1S/C16H14N2O5/c1-10-7-12(17-23-10)9-22-16(21)11-3-2-4-13(8-11)18-14(19)5-6-15(18)20/h2-4,7-8H,5-6,9H2,1H3. The van der Waals surface area contributed by atoms with Crippen molar-refractivity contribution in [1.29, 1.82) is 0 Å². The Bertz CT molecular complexity index is 764. The van der Waals surface area contributed by atoms with Gasteiger partial charge in [0.25, 0.3) is 0 Å². The molecule has 2 heterocycles. The average Bonchev–Trinajstić information content (AvgIpc) is 3.10. The maximum Gasteiger partial charge on any atom is 0.338 e. The number of rotatable bonds is 4. The lowest BCUT2D eigenvalue weighted by Gasteiger charge is -2.14. The normalized spacial score (nSPS) is 14.4. The molecule has 0 N–H and O–H groups in total. The third kappa shape index (κ3) is 3.13. The van der Waals surface area contributed by atoms with Gasteiger partial charge in [0.05, 0.1) is 11.3 Å². The van der Waals surface area contributed by atoms with Crippen molar-refractivity contribution >= 4 is 23.5 Å². The molecule has 23 heavy (non-hydrogen) atoms. The number of hydrogen-bond donors (Lipinski definition) is 0. The van der Waals surface area contributed by atoms with Crippen LogP contribution in [0, 0.1) is 6.92 Å². The van der Waals surface area contributed by atoms with Gasteiger partial charge in [-0.2, -0.15) is 0 Å². The van der Waals surface area contributed by atoms with Crippen molar-refractivity contribution in [2.45, 2.75) is 26.4 Å². The summed E-state index contributed by atoms with van der Waals surface area (Å²) in [5.74, 6) is -0.465. The van der Waals surface area contributed by atoms with E-state index < -0.39 is 5.97 Å². The topological polar surface area (TPSA) is 89.7 Å². The van der Waals surface area contributed by atoms with Gasteiger partial charge in [0.1, 0.15) is 18.1 Å². The zero-order valence-electron chi connectivity index (χ0n) is 12.4. The quantitative estimate of drug-likeness (QED) is 0.633. The van der Waals surface area contributed by atoms with E-state index in [1.165, 1.54) is 6.07 Å². The number of amides is 2. The van der Waals surface area contributed by atoms with Crippen LogP contribution >= 0.6 is 0 Å². The molecule has 1 aromatic heterocycles. The van der Waals surface area contributed by atoms with Gasteiger partial charge in [0.15, 0.2) is 0 Å². The second kappa shape index (κ2) is 6.04. The molecule has 2 amide bonds. The minimum Gasteiger partial charge on any atom is -0.455 e. The maximum absolute atomic E-state index is 12.1. The van der Waals surface area contributed by atoms with E-state index in [1.807, 2.05) is 0 Å². The van der Waals surface area contributed by atoms with Gasteiger partial charge in [-0.15, -0.1) is 0 Å². The van der Waals surface area contributed by atoms with Gasteiger partial charge < -0.3 is 9.26 Å². The summed E-state index contributed by atoms with van der Waals surface area (Å²) in [5.41, 5.74) is 1.15. The summed E-state index contributed by atoms with van der Waals surface area (Å²) in [6, 6.07) is 7.91. The monoisotopic (exact) mass is 314 g/mol. The summed E-state index contributed by atoms with van der Waals surface area (Å²) in [4.78, 5) is 36.7. The van der Waals surface area contributed by atoms with Crippen LogP contribution in [0.3, 0.4) is 0 Å². The molecule has 1 saturated heterocycles. The number of aryl methyl sites for hydroxylation is 1. The number of hydrogen-bond acceptors (Lipinski definition) is 6. The first-order valence-electron chi connectivity index (χ1n) is 7.10. The Morgan fingerprint density at radius 1 is 1.26 bits per heavy atom. The van der Waals surface area contributed by atoms with Crippen molar-refractivity contribution in [1.82, 2.24) is 5.16 Å². The summed E-state index contributed by atoms with van der Waals surface area (Å²) >= 11 is 0. The second-order valence-electron chi connectivity index (χ2n) is 5.18. The molecule has 7 nitrogen and oxygen atoms in total. The van der Waals surface area contributed by atoms with Gasteiger partial charge in [0.2, 0.25) is 11.8 Å². The van der Waals surface area contributed by atoms with Crippen LogP contribution in [-0.2, 0) is 20.9 Å². The lowest BCUT2D eigenvalue weighted by Crippen LogP contribution is -2.28. The molecule has 0 radical (unpaired) electrons. The number of anilines is 1. The summed E-state index contributed by atoms with van der Waals surface area (Å²) < 4.78 is 10.0. The second-order valence-corrected chi connectivity index (χ2v) is 5.18. The highest BCUT2D eigenvalue weighted by Crippen LogP contribution is 2.23. The lowest BCUT2D eigenvalue weighted by molar-refractivity contribution is -0.121. The number of nitrogens with zero attached hydrogens (tertiary/aromatic N) is 2. The van der Waals surface area contributed by atoms with Crippen LogP contribution < -0.4 is 4.90 Å². The third-order valence-electron chi connectivity index (χ3n) is 3.42. The van der Waals surface area contributed by atoms with Gasteiger partial charge >= 0.3 is 5.97 Å². The Morgan fingerprint density at radius 3 is 2.65 bits per heavy atom. The predicted octanol–water partition coefficient (Wildman–Crippen LogP) is 1.99. The minimum absolute atomic E-state index is 0.0119. The van der Waals surface area contributed by atoms with Crippen LogP contribution in [0.25, 0.3) is 0 Å². The molecule has 0 unspecified atom stereocenters. The molecule has 118 valence electrons. The Morgan fingerprint density at radius 2 is 2.00 bits per heavy atom. The Hall–Kier alpha value is -2.96. The highest BCUT2D eigenvalue weighted by atomic mass is 16.5. The molecule has 3 rings (SSSR count). The molecule has 1 fully saturated rings. The molecule has 7 heteroatoms. The van der Waals surface area contributed by atoms with Crippen LogP contribution in [0.1, 0.15) is 34.7 Å². The van der Waals surface area contributed by atoms with Crippen molar-refractivity contribution in [2.24, 2.45) is 0 Å². The number of benzene rings is 1. The highest BCUT2D eigenvalue weighted by Gasteiger charge is 2.30. The first-order valence-corrected chi connectivity index (χ1v) is 7.10. The van der Waals surface area contributed by atoms with Gasteiger partial charge in [-0.25, -0.2) is 4.79 Å².